The average molecular weight is 264 g/mol. The molecule has 0 radical (unpaired) electrons. The van der Waals surface area contributed by atoms with Crippen molar-refractivity contribution in [1.82, 2.24) is 4.90 Å². The van der Waals surface area contributed by atoms with Crippen LogP contribution in [0.4, 0.5) is 4.39 Å². The summed E-state index contributed by atoms with van der Waals surface area (Å²) < 4.78 is 13.5. The number of hydrogen-bond donors (Lipinski definition) is 1. The Labute approximate surface area is 115 Å². The molecule has 0 spiro atoms. The van der Waals surface area contributed by atoms with Crippen LogP contribution in [-0.4, -0.2) is 18.0 Å². The smallest absolute Gasteiger partial charge is 0.123 e. The van der Waals surface area contributed by atoms with E-state index in [1.807, 2.05) is 6.07 Å². The lowest BCUT2D eigenvalue weighted by atomic mass is 9.86. The number of halogens is 1. The number of nitrogens with zero attached hydrogens (tertiary/aromatic N) is 1. The molecule has 0 saturated carbocycles. The van der Waals surface area contributed by atoms with Crippen molar-refractivity contribution in [2.45, 2.75) is 39.8 Å². The van der Waals surface area contributed by atoms with Crippen molar-refractivity contribution in [3.63, 3.8) is 0 Å². The van der Waals surface area contributed by atoms with Gasteiger partial charge in [-0.15, -0.1) is 0 Å². The molecule has 0 aromatic heterocycles. The fourth-order valence-electron chi connectivity index (χ4n) is 2.96. The number of rotatable bonds is 4. The largest absolute Gasteiger partial charge is 0.326 e. The number of hydrogen-bond acceptors (Lipinski definition) is 2. The molecular formula is C16H25FN2. The lowest BCUT2D eigenvalue weighted by Gasteiger charge is -2.33. The van der Waals surface area contributed by atoms with E-state index in [0.29, 0.717) is 6.54 Å². The van der Waals surface area contributed by atoms with E-state index in [2.05, 4.69) is 18.7 Å². The molecule has 0 aliphatic carbocycles. The van der Waals surface area contributed by atoms with Gasteiger partial charge in [0.05, 0.1) is 0 Å². The summed E-state index contributed by atoms with van der Waals surface area (Å²) in [7, 11) is 0. The molecule has 1 aliphatic rings. The van der Waals surface area contributed by atoms with Gasteiger partial charge in [0.25, 0.3) is 0 Å². The van der Waals surface area contributed by atoms with Crippen LogP contribution in [0.15, 0.2) is 18.2 Å². The number of benzene rings is 1. The molecule has 2 nitrogen and oxygen atoms in total. The summed E-state index contributed by atoms with van der Waals surface area (Å²) in [6.07, 6.45) is 2.52. The molecule has 0 amide bonds. The minimum atomic E-state index is -0.171. The van der Waals surface area contributed by atoms with Crippen molar-refractivity contribution < 1.29 is 4.39 Å². The van der Waals surface area contributed by atoms with Crippen LogP contribution in [0.5, 0.6) is 0 Å². The van der Waals surface area contributed by atoms with Crippen LogP contribution in [0.2, 0.25) is 0 Å². The standard InChI is InChI=1S/C16H25FN2/c1-12(2)15-3-5-19(6-4-15)11-14-7-13(10-18)8-16(17)9-14/h7-9,12,15H,3-6,10-11,18H2,1-2H3. The van der Waals surface area contributed by atoms with Gasteiger partial charge in [0.2, 0.25) is 0 Å². The summed E-state index contributed by atoms with van der Waals surface area (Å²) >= 11 is 0. The van der Waals surface area contributed by atoms with Gasteiger partial charge in [0.1, 0.15) is 5.82 Å². The van der Waals surface area contributed by atoms with Gasteiger partial charge in [-0.3, -0.25) is 4.90 Å². The Bertz CT molecular complexity index is 409. The van der Waals surface area contributed by atoms with Crippen LogP contribution >= 0.6 is 0 Å². The second-order valence-electron chi connectivity index (χ2n) is 6.03. The molecular weight excluding hydrogens is 239 g/mol. The van der Waals surface area contributed by atoms with Crippen molar-refractivity contribution in [3.8, 4) is 0 Å². The maximum atomic E-state index is 13.5. The molecule has 1 saturated heterocycles. The summed E-state index contributed by atoms with van der Waals surface area (Å²) in [4.78, 5) is 2.42. The highest BCUT2D eigenvalue weighted by Gasteiger charge is 2.21. The van der Waals surface area contributed by atoms with Crippen molar-refractivity contribution in [3.05, 3.63) is 35.1 Å². The maximum Gasteiger partial charge on any atom is 0.123 e. The molecule has 0 bridgehead atoms. The quantitative estimate of drug-likeness (QED) is 0.905. The van der Waals surface area contributed by atoms with E-state index in [9.17, 15) is 4.39 Å². The molecule has 1 aliphatic heterocycles. The van der Waals surface area contributed by atoms with Gasteiger partial charge in [-0.1, -0.05) is 19.9 Å². The van der Waals surface area contributed by atoms with Crippen molar-refractivity contribution in [2.75, 3.05) is 13.1 Å². The highest BCUT2D eigenvalue weighted by molar-refractivity contribution is 5.24. The fourth-order valence-corrected chi connectivity index (χ4v) is 2.96. The number of likely N-dealkylation sites (tertiary alicyclic amines) is 1. The summed E-state index contributed by atoms with van der Waals surface area (Å²) in [6.45, 7) is 8.10. The van der Waals surface area contributed by atoms with E-state index >= 15 is 0 Å². The number of nitrogens with two attached hydrogens (primary N) is 1. The molecule has 1 heterocycles. The van der Waals surface area contributed by atoms with Gasteiger partial charge in [-0.2, -0.15) is 0 Å². The first-order chi connectivity index (χ1) is 9.08. The molecule has 1 aromatic carbocycles. The first-order valence-corrected chi connectivity index (χ1v) is 7.29. The average Bonchev–Trinajstić information content (AvgIpc) is 2.38. The Hall–Kier alpha value is -0.930. The predicted octanol–water partition coefficient (Wildman–Crippen LogP) is 3.15. The Morgan fingerprint density at radius 2 is 1.84 bits per heavy atom. The summed E-state index contributed by atoms with van der Waals surface area (Å²) in [6, 6.07) is 5.18. The van der Waals surface area contributed by atoms with Crippen LogP contribution < -0.4 is 5.73 Å². The third-order valence-corrected chi connectivity index (χ3v) is 4.23. The number of piperidine rings is 1. The zero-order valence-electron chi connectivity index (χ0n) is 12.0. The normalized spacial score (nSPS) is 18.2. The van der Waals surface area contributed by atoms with Crippen LogP contribution in [-0.2, 0) is 13.1 Å². The van der Waals surface area contributed by atoms with Crippen molar-refractivity contribution >= 4 is 0 Å². The molecule has 0 atom stereocenters. The molecule has 3 heteroatoms. The first-order valence-electron chi connectivity index (χ1n) is 7.29. The lowest BCUT2D eigenvalue weighted by Crippen LogP contribution is -2.34. The molecule has 19 heavy (non-hydrogen) atoms. The second-order valence-corrected chi connectivity index (χ2v) is 6.03. The van der Waals surface area contributed by atoms with E-state index in [1.54, 1.807) is 6.07 Å². The van der Waals surface area contributed by atoms with Gasteiger partial charge in [0.15, 0.2) is 0 Å². The molecule has 1 aromatic rings. The van der Waals surface area contributed by atoms with Crippen LogP contribution in [0.1, 0.15) is 37.8 Å². The topological polar surface area (TPSA) is 29.3 Å². The van der Waals surface area contributed by atoms with Crippen molar-refractivity contribution in [1.29, 1.82) is 0 Å². The van der Waals surface area contributed by atoms with Gasteiger partial charge in [0, 0.05) is 13.1 Å². The Balaban J connectivity index is 1.93. The summed E-state index contributed by atoms with van der Waals surface area (Å²) in [5.74, 6) is 1.46. The Kier molecular flexibility index (Phi) is 4.94. The van der Waals surface area contributed by atoms with Gasteiger partial charge in [-0.05, 0) is 61.0 Å². The van der Waals surface area contributed by atoms with Crippen molar-refractivity contribution in [2.24, 2.45) is 17.6 Å². The molecule has 2 rings (SSSR count). The predicted molar refractivity (Wildman–Crippen MR) is 77.1 cm³/mol. The third-order valence-electron chi connectivity index (χ3n) is 4.23. The van der Waals surface area contributed by atoms with E-state index in [0.717, 1.165) is 42.6 Å². The molecule has 1 fully saturated rings. The Morgan fingerprint density at radius 1 is 1.21 bits per heavy atom. The van der Waals surface area contributed by atoms with Gasteiger partial charge < -0.3 is 5.73 Å². The molecule has 0 unspecified atom stereocenters. The van der Waals surface area contributed by atoms with E-state index in [1.165, 1.54) is 18.9 Å². The van der Waals surface area contributed by atoms with Crippen LogP contribution in [0, 0.1) is 17.7 Å². The minimum Gasteiger partial charge on any atom is -0.326 e. The van der Waals surface area contributed by atoms with E-state index in [4.69, 9.17) is 5.73 Å². The Morgan fingerprint density at radius 3 is 2.42 bits per heavy atom. The maximum absolute atomic E-state index is 13.5. The zero-order valence-corrected chi connectivity index (χ0v) is 12.0. The highest BCUT2D eigenvalue weighted by Crippen LogP contribution is 2.25. The van der Waals surface area contributed by atoms with Crippen LogP contribution in [0.25, 0.3) is 0 Å². The van der Waals surface area contributed by atoms with Crippen LogP contribution in [0.3, 0.4) is 0 Å². The van der Waals surface area contributed by atoms with E-state index in [-0.39, 0.29) is 5.82 Å². The van der Waals surface area contributed by atoms with Gasteiger partial charge >= 0.3 is 0 Å². The SMILES string of the molecule is CC(C)C1CCN(Cc2cc(F)cc(CN)c2)CC1. The molecule has 106 valence electrons. The summed E-state index contributed by atoms with van der Waals surface area (Å²) in [5.41, 5.74) is 7.52. The fraction of sp³-hybridized carbons (Fsp3) is 0.625. The zero-order chi connectivity index (χ0) is 13.8. The molecule has 2 N–H and O–H groups in total. The van der Waals surface area contributed by atoms with E-state index < -0.39 is 0 Å². The third kappa shape index (κ3) is 4.02. The first kappa shape index (κ1) is 14.5. The summed E-state index contributed by atoms with van der Waals surface area (Å²) in [5, 5.41) is 0. The highest BCUT2D eigenvalue weighted by atomic mass is 19.1. The minimum absolute atomic E-state index is 0.171. The lowest BCUT2D eigenvalue weighted by molar-refractivity contribution is 0.152. The van der Waals surface area contributed by atoms with Gasteiger partial charge in [-0.25, -0.2) is 4.39 Å². The second kappa shape index (κ2) is 6.49. The monoisotopic (exact) mass is 264 g/mol.